The van der Waals surface area contributed by atoms with Crippen molar-refractivity contribution in [3.05, 3.63) is 33.8 Å². The van der Waals surface area contributed by atoms with Crippen LogP contribution in [0.1, 0.15) is 18.9 Å². The number of rotatable bonds is 6. The fraction of sp³-hybridized carbons (Fsp3) is 0.562. The second-order valence-corrected chi connectivity index (χ2v) is 6.84. The summed E-state index contributed by atoms with van der Waals surface area (Å²) in [4.78, 5) is 4.23. The van der Waals surface area contributed by atoms with Gasteiger partial charge in [-0.05, 0) is 30.5 Å². The second kappa shape index (κ2) is 8.04. The first kappa shape index (κ1) is 17.4. The fourth-order valence-corrected chi connectivity index (χ4v) is 2.78. The van der Waals surface area contributed by atoms with Crippen LogP contribution in [0.3, 0.4) is 0 Å². The van der Waals surface area contributed by atoms with Crippen LogP contribution in [-0.4, -0.2) is 39.3 Å². The summed E-state index contributed by atoms with van der Waals surface area (Å²) in [6, 6.07) is 5.64. The lowest BCUT2D eigenvalue weighted by molar-refractivity contribution is -0.0971. The van der Waals surface area contributed by atoms with Crippen LogP contribution >= 0.6 is 23.2 Å². The molecular weight excluding hydrogens is 321 g/mol. The summed E-state index contributed by atoms with van der Waals surface area (Å²) < 4.78 is 5.25. The summed E-state index contributed by atoms with van der Waals surface area (Å²) in [7, 11) is 1.78. The average Bonchev–Trinajstić information content (AvgIpc) is 2.46. The average molecular weight is 344 g/mol. The van der Waals surface area contributed by atoms with Crippen molar-refractivity contribution in [1.82, 2.24) is 10.6 Å². The van der Waals surface area contributed by atoms with Gasteiger partial charge in [-0.1, -0.05) is 36.2 Å². The van der Waals surface area contributed by atoms with Gasteiger partial charge in [0.2, 0.25) is 0 Å². The molecule has 1 aromatic rings. The van der Waals surface area contributed by atoms with E-state index >= 15 is 0 Å². The molecule has 0 aliphatic carbocycles. The number of guanidine groups is 1. The van der Waals surface area contributed by atoms with Gasteiger partial charge < -0.3 is 15.4 Å². The number of halogens is 2. The first-order valence-electron chi connectivity index (χ1n) is 7.49. The number of hydrogen-bond donors (Lipinski definition) is 2. The molecule has 0 saturated carbocycles. The number of nitrogens with zero attached hydrogens (tertiary/aromatic N) is 1. The third-order valence-corrected chi connectivity index (χ3v) is 4.32. The first-order valence-corrected chi connectivity index (χ1v) is 8.24. The summed E-state index contributed by atoms with van der Waals surface area (Å²) in [5, 5.41) is 8.07. The van der Waals surface area contributed by atoms with Gasteiger partial charge in [0.25, 0.3) is 0 Å². The topological polar surface area (TPSA) is 45.7 Å². The molecule has 0 radical (unpaired) electrons. The summed E-state index contributed by atoms with van der Waals surface area (Å²) in [6.45, 7) is 5.54. The predicted octanol–water partition coefficient (Wildman–Crippen LogP) is 3.13. The smallest absolute Gasteiger partial charge is 0.190 e. The van der Waals surface area contributed by atoms with E-state index in [1.807, 2.05) is 12.1 Å². The number of ether oxygens (including phenoxy) is 1. The summed E-state index contributed by atoms with van der Waals surface area (Å²) in [5.41, 5.74) is 1.35. The van der Waals surface area contributed by atoms with Gasteiger partial charge in [-0.2, -0.15) is 0 Å². The third-order valence-electron chi connectivity index (χ3n) is 3.74. The lowest BCUT2D eigenvalue weighted by atomic mass is 9.89. The summed E-state index contributed by atoms with van der Waals surface area (Å²) in [6.07, 6.45) is 1.88. The molecule has 1 aliphatic rings. The van der Waals surface area contributed by atoms with Gasteiger partial charge in [0.1, 0.15) is 0 Å². The van der Waals surface area contributed by atoms with Crippen molar-refractivity contribution in [1.29, 1.82) is 0 Å². The van der Waals surface area contributed by atoms with Crippen molar-refractivity contribution in [2.45, 2.75) is 19.8 Å². The zero-order chi connectivity index (χ0) is 16.0. The van der Waals surface area contributed by atoms with Gasteiger partial charge in [0.05, 0.1) is 13.2 Å². The molecule has 22 heavy (non-hydrogen) atoms. The minimum atomic E-state index is 0.231. The number of aliphatic imine (C=N–C) groups is 1. The molecule has 0 unspecified atom stereocenters. The molecule has 0 bridgehead atoms. The first-order chi connectivity index (χ1) is 10.5. The normalized spacial score (nSPS) is 17.0. The van der Waals surface area contributed by atoms with E-state index in [4.69, 9.17) is 27.9 Å². The highest BCUT2D eigenvalue weighted by molar-refractivity contribution is 6.35. The van der Waals surface area contributed by atoms with Gasteiger partial charge >= 0.3 is 0 Å². The zero-order valence-electron chi connectivity index (χ0n) is 13.1. The van der Waals surface area contributed by atoms with E-state index in [0.717, 1.165) is 55.7 Å². The van der Waals surface area contributed by atoms with Crippen LogP contribution in [-0.2, 0) is 11.2 Å². The Hall–Kier alpha value is -0.970. The van der Waals surface area contributed by atoms with Gasteiger partial charge in [0, 0.05) is 35.6 Å². The lowest BCUT2D eigenvalue weighted by Gasteiger charge is -2.38. The highest BCUT2D eigenvalue weighted by atomic mass is 35.5. The molecule has 1 fully saturated rings. The van der Waals surface area contributed by atoms with E-state index in [1.54, 1.807) is 13.1 Å². The van der Waals surface area contributed by atoms with Crippen molar-refractivity contribution in [2.75, 3.05) is 33.4 Å². The fourth-order valence-electron chi connectivity index (χ4n) is 2.28. The van der Waals surface area contributed by atoms with Gasteiger partial charge in [-0.25, -0.2) is 0 Å². The molecule has 2 N–H and O–H groups in total. The Morgan fingerprint density at radius 3 is 2.68 bits per heavy atom. The van der Waals surface area contributed by atoms with E-state index in [2.05, 4.69) is 22.5 Å². The molecular formula is C16H23Cl2N3O. The Kier molecular flexibility index (Phi) is 6.36. The minimum absolute atomic E-state index is 0.231. The standard InChI is InChI=1S/C16H23Cl2N3O/c1-16(10-22-11-16)9-21-15(19-2)20-7-3-4-12-5-6-13(17)8-14(12)18/h5-6,8H,3-4,7,9-11H2,1-2H3,(H2,19,20,21). The molecule has 6 heteroatoms. The van der Waals surface area contributed by atoms with E-state index in [9.17, 15) is 0 Å². The maximum Gasteiger partial charge on any atom is 0.190 e. The molecule has 0 aromatic heterocycles. The van der Waals surface area contributed by atoms with Crippen molar-refractivity contribution in [2.24, 2.45) is 10.4 Å². The van der Waals surface area contributed by atoms with E-state index in [1.165, 1.54) is 0 Å². The van der Waals surface area contributed by atoms with Crippen LogP contribution < -0.4 is 10.6 Å². The van der Waals surface area contributed by atoms with Crippen LogP contribution in [0.15, 0.2) is 23.2 Å². The molecule has 1 aliphatic heterocycles. The lowest BCUT2D eigenvalue weighted by Crippen LogP contribution is -2.51. The Bertz CT molecular complexity index is 530. The monoisotopic (exact) mass is 343 g/mol. The van der Waals surface area contributed by atoms with Crippen molar-refractivity contribution in [3.8, 4) is 0 Å². The molecule has 122 valence electrons. The maximum absolute atomic E-state index is 6.17. The Labute approximate surface area is 142 Å². The maximum atomic E-state index is 6.17. The summed E-state index contributed by atoms with van der Waals surface area (Å²) >= 11 is 12.1. The molecule has 1 aromatic carbocycles. The van der Waals surface area contributed by atoms with E-state index in [0.29, 0.717) is 5.02 Å². The van der Waals surface area contributed by atoms with E-state index in [-0.39, 0.29) is 5.41 Å². The molecule has 1 heterocycles. The molecule has 0 spiro atoms. The zero-order valence-corrected chi connectivity index (χ0v) is 14.6. The highest BCUT2D eigenvalue weighted by Gasteiger charge is 2.33. The molecule has 1 saturated heterocycles. The Balaban J connectivity index is 1.68. The van der Waals surface area contributed by atoms with E-state index < -0.39 is 0 Å². The number of nitrogens with one attached hydrogen (secondary N) is 2. The van der Waals surface area contributed by atoms with Crippen molar-refractivity contribution >= 4 is 29.2 Å². The number of hydrogen-bond acceptors (Lipinski definition) is 2. The van der Waals surface area contributed by atoms with Crippen LogP contribution in [0.2, 0.25) is 10.0 Å². The van der Waals surface area contributed by atoms with Crippen molar-refractivity contribution < 1.29 is 4.74 Å². The third kappa shape index (κ3) is 5.04. The highest BCUT2D eigenvalue weighted by Crippen LogP contribution is 2.25. The quantitative estimate of drug-likeness (QED) is 0.474. The Morgan fingerprint density at radius 2 is 2.09 bits per heavy atom. The predicted molar refractivity (Wildman–Crippen MR) is 93.1 cm³/mol. The summed E-state index contributed by atoms with van der Waals surface area (Å²) in [5.74, 6) is 0.829. The number of aryl methyl sites for hydroxylation is 1. The molecule has 0 atom stereocenters. The molecule has 4 nitrogen and oxygen atoms in total. The van der Waals surface area contributed by atoms with Crippen LogP contribution in [0.5, 0.6) is 0 Å². The van der Waals surface area contributed by atoms with Gasteiger partial charge in [-0.3, -0.25) is 4.99 Å². The number of benzene rings is 1. The van der Waals surface area contributed by atoms with Crippen LogP contribution in [0.25, 0.3) is 0 Å². The minimum Gasteiger partial charge on any atom is -0.380 e. The largest absolute Gasteiger partial charge is 0.380 e. The van der Waals surface area contributed by atoms with Crippen LogP contribution in [0.4, 0.5) is 0 Å². The van der Waals surface area contributed by atoms with Crippen molar-refractivity contribution in [3.63, 3.8) is 0 Å². The Morgan fingerprint density at radius 1 is 1.32 bits per heavy atom. The second-order valence-electron chi connectivity index (χ2n) is 6.00. The van der Waals surface area contributed by atoms with Gasteiger partial charge in [0.15, 0.2) is 5.96 Å². The van der Waals surface area contributed by atoms with Gasteiger partial charge in [-0.15, -0.1) is 0 Å². The SMILES string of the molecule is CN=C(NCCCc1ccc(Cl)cc1Cl)NCC1(C)COC1. The molecule has 0 amide bonds. The molecule has 2 rings (SSSR count). The van der Waals surface area contributed by atoms with Crippen LogP contribution in [0, 0.1) is 5.41 Å².